The Hall–Kier alpha value is -1.37. The fourth-order valence-corrected chi connectivity index (χ4v) is 3.59. The van der Waals surface area contributed by atoms with Crippen molar-refractivity contribution in [3.05, 3.63) is 58.1 Å². The van der Waals surface area contributed by atoms with Crippen LogP contribution in [0.1, 0.15) is 11.1 Å². The summed E-state index contributed by atoms with van der Waals surface area (Å²) in [7, 11) is -1.77. The summed E-state index contributed by atoms with van der Waals surface area (Å²) in [5.41, 5.74) is 2.55. The van der Waals surface area contributed by atoms with E-state index in [1.54, 1.807) is 30.3 Å². The quantitative estimate of drug-likeness (QED) is 0.851. The Balaban J connectivity index is 2.36. The first-order valence-electron chi connectivity index (χ1n) is 6.45. The lowest BCUT2D eigenvalue weighted by Crippen LogP contribution is -2.15. The number of nitrogens with one attached hydrogen (secondary N) is 2. The average Bonchev–Trinajstić information content (AvgIpc) is 2.44. The van der Waals surface area contributed by atoms with Crippen molar-refractivity contribution in [1.82, 2.24) is 5.32 Å². The number of para-hydroxylation sites is 1. The van der Waals surface area contributed by atoms with Crippen molar-refractivity contribution in [2.75, 3.05) is 11.8 Å². The highest BCUT2D eigenvalue weighted by Gasteiger charge is 2.16. The lowest BCUT2D eigenvalue weighted by atomic mass is 10.1. The molecule has 0 saturated carbocycles. The molecule has 0 heterocycles. The lowest BCUT2D eigenvalue weighted by Gasteiger charge is -2.12. The van der Waals surface area contributed by atoms with Crippen molar-refractivity contribution in [3.63, 3.8) is 0 Å². The number of benzene rings is 2. The van der Waals surface area contributed by atoms with E-state index in [-0.39, 0.29) is 4.90 Å². The number of rotatable bonds is 5. The van der Waals surface area contributed by atoms with Crippen LogP contribution >= 0.6 is 15.9 Å². The predicted octanol–water partition coefficient (Wildman–Crippen LogP) is 3.28. The highest BCUT2D eigenvalue weighted by molar-refractivity contribution is 9.10. The largest absolute Gasteiger partial charge is 0.316 e. The molecule has 0 aliphatic heterocycles. The van der Waals surface area contributed by atoms with Crippen molar-refractivity contribution in [1.29, 1.82) is 0 Å². The molecule has 0 atom stereocenters. The molecule has 4 nitrogen and oxygen atoms in total. The zero-order chi connectivity index (χ0) is 15.5. The number of aryl methyl sites for hydroxylation is 1. The van der Waals surface area contributed by atoms with Crippen LogP contribution in [0.15, 0.2) is 51.8 Å². The first-order chi connectivity index (χ1) is 9.94. The van der Waals surface area contributed by atoms with Gasteiger partial charge in [-0.3, -0.25) is 4.72 Å². The van der Waals surface area contributed by atoms with Crippen LogP contribution in [0.2, 0.25) is 0 Å². The minimum Gasteiger partial charge on any atom is -0.316 e. The Labute approximate surface area is 133 Å². The Bertz CT molecular complexity index is 745. The summed E-state index contributed by atoms with van der Waals surface area (Å²) in [6.45, 7) is 2.59. The first kappa shape index (κ1) is 16.0. The highest BCUT2D eigenvalue weighted by atomic mass is 79.9. The number of hydrogen-bond donors (Lipinski definition) is 2. The van der Waals surface area contributed by atoms with Gasteiger partial charge in [0, 0.05) is 11.0 Å². The van der Waals surface area contributed by atoms with Crippen LogP contribution in [-0.4, -0.2) is 15.5 Å². The topological polar surface area (TPSA) is 58.2 Å². The van der Waals surface area contributed by atoms with Crippen LogP contribution in [0.25, 0.3) is 0 Å². The standard InChI is InChI=1S/C15H17BrN2O2S/c1-11-7-8-13(9-12(11)10-17-2)21(19,20)18-15-6-4-3-5-14(15)16/h3-9,17-18H,10H2,1-2H3. The van der Waals surface area contributed by atoms with Gasteiger partial charge in [0.25, 0.3) is 10.0 Å². The molecule has 2 N–H and O–H groups in total. The summed E-state index contributed by atoms with van der Waals surface area (Å²) in [6, 6.07) is 12.3. The Morgan fingerprint density at radius 3 is 2.52 bits per heavy atom. The van der Waals surface area contributed by atoms with Gasteiger partial charge >= 0.3 is 0 Å². The van der Waals surface area contributed by atoms with E-state index in [1.165, 1.54) is 0 Å². The fourth-order valence-electron chi connectivity index (χ4n) is 1.94. The molecule has 0 radical (unpaired) electrons. The Morgan fingerprint density at radius 1 is 1.14 bits per heavy atom. The van der Waals surface area contributed by atoms with Crippen molar-refractivity contribution >= 4 is 31.6 Å². The van der Waals surface area contributed by atoms with Crippen molar-refractivity contribution < 1.29 is 8.42 Å². The molecule has 0 fully saturated rings. The number of anilines is 1. The molecule has 0 aliphatic rings. The molecule has 0 spiro atoms. The van der Waals surface area contributed by atoms with Crippen LogP contribution in [0.3, 0.4) is 0 Å². The van der Waals surface area contributed by atoms with E-state index < -0.39 is 10.0 Å². The normalized spacial score (nSPS) is 11.4. The summed E-state index contributed by atoms with van der Waals surface area (Å²) >= 11 is 3.34. The lowest BCUT2D eigenvalue weighted by molar-refractivity contribution is 0.601. The van der Waals surface area contributed by atoms with Crippen LogP contribution < -0.4 is 10.0 Å². The maximum atomic E-state index is 12.5. The van der Waals surface area contributed by atoms with Gasteiger partial charge in [-0.2, -0.15) is 0 Å². The molecule has 6 heteroatoms. The van der Waals surface area contributed by atoms with Gasteiger partial charge in [-0.25, -0.2) is 8.42 Å². The molecular formula is C15H17BrN2O2S. The van der Waals surface area contributed by atoms with Gasteiger partial charge in [-0.1, -0.05) is 18.2 Å². The Kier molecular flexibility index (Phi) is 5.03. The van der Waals surface area contributed by atoms with E-state index in [1.807, 2.05) is 26.1 Å². The van der Waals surface area contributed by atoms with Gasteiger partial charge in [-0.15, -0.1) is 0 Å². The van der Waals surface area contributed by atoms with Gasteiger partial charge in [0.05, 0.1) is 10.6 Å². The third-order valence-corrected chi connectivity index (χ3v) is 5.17. The van der Waals surface area contributed by atoms with E-state index in [0.29, 0.717) is 16.7 Å². The van der Waals surface area contributed by atoms with E-state index in [4.69, 9.17) is 0 Å². The van der Waals surface area contributed by atoms with Crippen molar-refractivity contribution in [3.8, 4) is 0 Å². The molecule has 0 bridgehead atoms. The van der Waals surface area contributed by atoms with Gasteiger partial charge in [0.15, 0.2) is 0 Å². The minimum atomic E-state index is -3.60. The first-order valence-corrected chi connectivity index (χ1v) is 8.73. The number of halogens is 1. The fraction of sp³-hybridized carbons (Fsp3) is 0.200. The number of hydrogen-bond acceptors (Lipinski definition) is 3. The second-order valence-corrected chi connectivity index (χ2v) is 7.24. The number of sulfonamides is 1. The summed E-state index contributed by atoms with van der Waals surface area (Å²) in [6.07, 6.45) is 0. The molecule has 0 amide bonds. The molecule has 2 aromatic carbocycles. The maximum Gasteiger partial charge on any atom is 0.261 e. The second-order valence-electron chi connectivity index (χ2n) is 4.70. The van der Waals surface area contributed by atoms with Gasteiger partial charge in [0.2, 0.25) is 0 Å². The maximum absolute atomic E-state index is 12.5. The van der Waals surface area contributed by atoms with Crippen molar-refractivity contribution in [2.45, 2.75) is 18.4 Å². The smallest absolute Gasteiger partial charge is 0.261 e. The van der Waals surface area contributed by atoms with Crippen LogP contribution in [0, 0.1) is 6.92 Å². The summed E-state index contributed by atoms with van der Waals surface area (Å²) in [4.78, 5) is 0.258. The van der Waals surface area contributed by atoms with Gasteiger partial charge in [-0.05, 0) is 65.3 Å². The van der Waals surface area contributed by atoms with Gasteiger partial charge < -0.3 is 5.32 Å². The van der Waals surface area contributed by atoms with E-state index in [0.717, 1.165) is 11.1 Å². The molecule has 0 aliphatic carbocycles. The molecule has 0 saturated heterocycles. The summed E-state index contributed by atoms with van der Waals surface area (Å²) < 4.78 is 28.2. The highest BCUT2D eigenvalue weighted by Crippen LogP contribution is 2.25. The minimum absolute atomic E-state index is 0.258. The summed E-state index contributed by atoms with van der Waals surface area (Å²) in [5.74, 6) is 0. The predicted molar refractivity (Wildman–Crippen MR) is 88.9 cm³/mol. The molecule has 2 aromatic rings. The van der Waals surface area contributed by atoms with Gasteiger partial charge in [0.1, 0.15) is 0 Å². The average molecular weight is 369 g/mol. The van der Waals surface area contributed by atoms with E-state index in [2.05, 4.69) is 26.0 Å². The van der Waals surface area contributed by atoms with Crippen molar-refractivity contribution in [2.24, 2.45) is 0 Å². The molecule has 112 valence electrons. The zero-order valence-corrected chi connectivity index (χ0v) is 14.3. The third kappa shape index (κ3) is 3.84. The summed E-state index contributed by atoms with van der Waals surface area (Å²) in [5, 5.41) is 3.04. The molecule has 0 unspecified atom stereocenters. The second kappa shape index (κ2) is 6.60. The monoisotopic (exact) mass is 368 g/mol. The molecular weight excluding hydrogens is 352 g/mol. The van der Waals surface area contributed by atoms with Crippen LogP contribution in [0.5, 0.6) is 0 Å². The molecule has 2 rings (SSSR count). The van der Waals surface area contributed by atoms with E-state index >= 15 is 0 Å². The van der Waals surface area contributed by atoms with Crippen LogP contribution in [-0.2, 0) is 16.6 Å². The van der Waals surface area contributed by atoms with Crippen LogP contribution in [0.4, 0.5) is 5.69 Å². The Morgan fingerprint density at radius 2 is 1.86 bits per heavy atom. The zero-order valence-electron chi connectivity index (χ0n) is 11.9. The molecule has 21 heavy (non-hydrogen) atoms. The SMILES string of the molecule is CNCc1cc(S(=O)(=O)Nc2ccccc2Br)ccc1C. The molecule has 0 aromatic heterocycles. The van der Waals surface area contributed by atoms with E-state index in [9.17, 15) is 8.42 Å². The third-order valence-electron chi connectivity index (χ3n) is 3.12.